The second-order valence-corrected chi connectivity index (χ2v) is 18.8. The van der Waals surface area contributed by atoms with Crippen LogP contribution in [0.3, 0.4) is 0 Å². The zero-order valence-corrected chi connectivity index (χ0v) is 34.6. The molecular formula is C42H66O11S. The Labute approximate surface area is 324 Å². The number of carbonyl (C=O) groups is 1. The number of aliphatic hydroxyl groups is 2. The highest BCUT2D eigenvalue weighted by Crippen LogP contribution is 2.68. The first-order chi connectivity index (χ1) is 25.7. The standard InChI is InChI=1S/C42H66O11S/c1-9-48-24-40(44)28(5)52-37(41(45,25-49-10-2)36(40)47-8)53-30-18-20-38(6)29(22-30)14-17-33-32(38)19-21-39(7)35(43)34(23-42(33,39)51-26-50-11-3)54(46)31-15-12-27(4)13-16-31/h12-13,15-16,28-30,32-34,36-37,44-45H,9-11,14,17-26H2,1-8H3/t28-,29+,30-,32-,33+,34?,36+,37-,38-,39+,40-,41-,42-,54?/m0/s1. The van der Waals surface area contributed by atoms with Gasteiger partial charge in [0.2, 0.25) is 0 Å². The molecule has 2 unspecified atom stereocenters. The van der Waals surface area contributed by atoms with E-state index in [1.54, 1.807) is 6.92 Å². The minimum Gasteiger partial charge on any atom is -0.382 e. The van der Waals surface area contributed by atoms with E-state index in [0.29, 0.717) is 49.4 Å². The first kappa shape index (κ1) is 42.3. The van der Waals surface area contributed by atoms with E-state index in [9.17, 15) is 19.2 Å². The van der Waals surface area contributed by atoms with Gasteiger partial charge in [-0.1, -0.05) is 24.6 Å². The summed E-state index contributed by atoms with van der Waals surface area (Å²) in [5.41, 5.74) is -3.89. The number of ketones is 1. The number of hydrogen-bond donors (Lipinski definition) is 2. The molecule has 4 saturated carbocycles. The summed E-state index contributed by atoms with van der Waals surface area (Å²) in [6.07, 6.45) is 3.21. The first-order valence-electron chi connectivity index (χ1n) is 20.4. The van der Waals surface area contributed by atoms with Crippen LogP contribution in [0.25, 0.3) is 0 Å². The van der Waals surface area contributed by atoms with Gasteiger partial charge in [-0.2, -0.15) is 0 Å². The number of benzene rings is 1. The molecule has 1 aromatic carbocycles. The lowest BCUT2D eigenvalue weighted by Gasteiger charge is -2.63. The van der Waals surface area contributed by atoms with Crippen LogP contribution < -0.4 is 0 Å². The molecule has 0 spiro atoms. The molecule has 1 saturated heterocycles. The number of fused-ring (bicyclic) bond motifs is 5. The summed E-state index contributed by atoms with van der Waals surface area (Å²) in [6.45, 7) is 15.1. The van der Waals surface area contributed by atoms with Crippen molar-refractivity contribution >= 4 is 16.6 Å². The Hall–Kier alpha value is -1.32. The van der Waals surface area contributed by atoms with Crippen molar-refractivity contribution in [3.05, 3.63) is 29.8 Å². The Morgan fingerprint density at radius 2 is 1.56 bits per heavy atom. The van der Waals surface area contributed by atoms with Gasteiger partial charge >= 0.3 is 0 Å². The molecule has 1 aliphatic heterocycles. The van der Waals surface area contributed by atoms with Crippen molar-refractivity contribution < 1.29 is 52.4 Å². The maximum atomic E-state index is 14.5. The van der Waals surface area contributed by atoms with Crippen LogP contribution in [0.4, 0.5) is 0 Å². The predicted octanol–water partition coefficient (Wildman–Crippen LogP) is 5.51. The molecule has 6 rings (SSSR count). The largest absolute Gasteiger partial charge is 0.382 e. The number of carbonyl (C=O) groups excluding carboxylic acids is 1. The minimum absolute atomic E-state index is 0.0293. The monoisotopic (exact) mass is 778 g/mol. The maximum absolute atomic E-state index is 14.5. The normalized spacial score (nSPS) is 44.0. The van der Waals surface area contributed by atoms with Crippen LogP contribution in [-0.2, 0) is 48.8 Å². The average Bonchev–Trinajstić information content (AvgIpc) is 3.39. The molecule has 1 heterocycles. The lowest BCUT2D eigenvalue weighted by atomic mass is 9.44. The molecule has 54 heavy (non-hydrogen) atoms. The van der Waals surface area contributed by atoms with Crippen molar-refractivity contribution in [2.75, 3.05) is 46.9 Å². The molecule has 0 bridgehead atoms. The fraction of sp³-hybridized carbons (Fsp3) is 0.833. The third-order valence-corrected chi connectivity index (χ3v) is 16.2. The van der Waals surface area contributed by atoms with Gasteiger partial charge in [0.15, 0.2) is 17.7 Å². The van der Waals surface area contributed by atoms with E-state index >= 15 is 0 Å². The number of rotatable bonds is 15. The lowest BCUT2D eigenvalue weighted by molar-refractivity contribution is -0.386. The highest BCUT2D eigenvalue weighted by atomic mass is 32.2. The molecule has 5 fully saturated rings. The second-order valence-electron chi connectivity index (χ2n) is 17.2. The van der Waals surface area contributed by atoms with Gasteiger partial charge in [-0.15, -0.1) is 0 Å². The summed E-state index contributed by atoms with van der Waals surface area (Å²) in [6, 6.07) is 7.69. The van der Waals surface area contributed by atoms with Crippen LogP contribution in [-0.4, -0.2) is 114 Å². The van der Waals surface area contributed by atoms with Crippen LogP contribution in [0.5, 0.6) is 0 Å². The van der Waals surface area contributed by atoms with Crippen molar-refractivity contribution in [1.82, 2.24) is 0 Å². The fourth-order valence-corrected chi connectivity index (χ4v) is 13.0. The molecule has 0 aromatic heterocycles. The summed E-state index contributed by atoms with van der Waals surface area (Å²) < 4.78 is 57.2. The number of hydrogen-bond acceptors (Lipinski definition) is 11. The van der Waals surface area contributed by atoms with Crippen LogP contribution in [0.1, 0.15) is 98.5 Å². The Kier molecular flexibility index (Phi) is 12.9. The van der Waals surface area contributed by atoms with Gasteiger partial charge in [0, 0.05) is 31.8 Å². The van der Waals surface area contributed by atoms with E-state index in [0.717, 1.165) is 44.1 Å². The van der Waals surface area contributed by atoms with Crippen LogP contribution in [0, 0.1) is 35.5 Å². The predicted molar refractivity (Wildman–Crippen MR) is 203 cm³/mol. The Balaban J connectivity index is 1.23. The van der Waals surface area contributed by atoms with E-state index in [4.69, 9.17) is 33.2 Å². The highest BCUT2D eigenvalue weighted by molar-refractivity contribution is 7.86. The topological polar surface area (TPSA) is 139 Å². The van der Waals surface area contributed by atoms with Crippen molar-refractivity contribution in [1.29, 1.82) is 0 Å². The van der Waals surface area contributed by atoms with Gasteiger partial charge in [0.25, 0.3) is 0 Å². The molecule has 5 aliphatic rings. The van der Waals surface area contributed by atoms with Gasteiger partial charge in [-0.05, 0) is 128 Å². The molecule has 2 N–H and O–H groups in total. The third-order valence-electron chi connectivity index (χ3n) is 14.5. The van der Waals surface area contributed by atoms with E-state index in [1.165, 1.54) is 7.11 Å². The quantitative estimate of drug-likeness (QED) is 0.133. The zero-order valence-electron chi connectivity index (χ0n) is 33.8. The number of aryl methyl sites for hydroxylation is 1. The molecule has 4 aliphatic carbocycles. The Morgan fingerprint density at radius 1 is 0.889 bits per heavy atom. The molecule has 0 radical (unpaired) electrons. The minimum atomic E-state index is -1.79. The molecule has 14 atom stereocenters. The second kappa shape index (κ2) is 16.5. The van der Waals surface area contributed by atoms with Gasteiger partial charge < -0.3 is 43.4 Å². The molecular weight excluding hydrogens is 713 g/mol. The van der Waals surface area contributed by atoms with Gasteiger partial charge in [0.1, 0.15) is 23.7 Å². The Morgan fingerprint density at radius 3 is 2.20 bits per heavy atom. The summed E-state index contributed by atoms with van der Waals surface area (Å²) >= 11 is 0. The molecule has 306 valence electrons. The Bertz CT molecular complexity index is 1480. The number of methoxy groups -OCH3 is 1. The average molecular weight is 779 g/mol. The first-order valence-corrected chi connectivity index (χ1v) is 21.6. The van der Waals surface area contributed by atoms with E-state index < -0.39 is 56.8 Å². The molecule has 1 aromatic rings. The summed E-state index contributed by atoms with van der Waals surface area (Å²) in [5, 5.41) is 23.4. The third kappa shape index (κ3) is 7.00. The molecule has 0 amide bonds. The van der Waals surface area contributed by atoms with E-state index in [1.807, 2.05) is 52.0 Å². The van der Waals surface area contributed by atoms with Crippen LogP contribution in [0.15, 0.2) is 29.2 Å². The van der Waals surface area contributed by atoms with Crippen molar-refractivity contribution in [2.45, 2.75) is 151 Å². The van der Waals surface area contributed by atoms with Crippen LogP contribution in [0.2, 0.25) is 0 Å². The van der Waals surface area contributed by atoms with Crippen molar-refractivity contribution in [2.24, 2.45) is 28.6 Å². The lowest BCUT2D eigenvalue weighted by Crippen LogP contribution is -2.75. The van der Waals surface area contributed by atoms with E-state index in [-0.39, 0.29) is 43.2 Å². The van der Waals surface area contributed by atoms with Crippen molar-refractivity contribution in [3.8, 4) is 0 Å². The van der Waals surface area contributed by atoms with Crippen LogP contribution >= 0.6 is 0 Å². The smallest absolute Gasteiger partial charge is 0.192 e. The van der Waals surface area contributed by atoms with Gasteiger partial charge in [0.05, 0.1) is 47.2 Å². The summed E-state index contributed by atoms with van der Waals surface area (Å²) in [5.74, 6) is 0.821. The van der Waals surface area contributed by atoms with E-state index in [2.05, 4.69) is 13.8 Å². The fourth-order valence-electron chi connectivity index (χ4n) is 11.4. The summed E-state index contributed by atoms with van der Waals surface area (Å²) in [4.78, 5) is 15.2. The molecule has 12 heteroatoms. The van der Waals surface area contributed by atoms with Crippen molar-refractivity contribution in [3.63, 3.8) is 0 Å². The van der Waals surface area contributed by atoms with Gasteiger partial charge in [-0.3, -0.25) is 9.00 Å². The van der Waals surface area contributed by atoms with Gasteiger partial charge in [-0.25, -0.2) is 0 Å². The maximum Gasteiger partial charge on any atom is 0.192 e. The SMILES string of the molecule is CCOCO[C@]12CC(S(=O)c3ccc(C)cc3)C(=O)[C@@]1(C)CC[C@H]1[C@H]2CC[C@@H]2C[C@@H](O[C@@H]3O[C@@H](C)[C@@](O)(COCC)[C@@H](OC)[C@@]3(O)COCC)CC[C@@]21C. The molecule has 11 nitrogen and oxygen atoms in total. The highest BCUT2D eigenvalue weighted by Gasteiger charge is 2.72. The number of Topliss-reactive ketones (excluding diaryl/α,β-unsaturated/α-hetero) is 1. The summed E-state index contributed by atoms with van der Waals surface area (Å²) in [7, 11) is -0.0231. The zero-order chi connectivity index (χ0) is 39.1. The number of ether oxygens (including phenoxy) is 7.